The van der Waals surface area contributed by atoms with Gasteiger partial charge in [-0.25, -0.2) is 0 Å². The van der Waals surface area contributed by atoms with Gasteiger partial charge in [-0.2, -0.15) is 0 Å². The van der Waals surface area contributed by atoms with E-state index in [1.54, 1.807) is 0 Å². The summed E-state index contributed by atoms with van der Waals surface area (Å²) in [6.07, 6.45) is 8.43. The Morgan fingerprint density at radius 1 is 1.25 bits per heavy atom. The molecule has 1 aromatic rings. The minimum absolute atomic E-state index is 0.388. The number of hydrogen-bond donors (Lipinski definition) is 1. The van der Waals surface area contributed by atoms with E-state index < -0.39 is 0 Å². The van der Waals surface area contributed by atoms with Crippen LogP contribution < -0.4 is 5.73 Å². The van der Waals surface area contributed by atoms with Crippen LogP contribution in [-0.4, -0.2) is 5.91 Å². The molecule has 1 aliphatic carbocycles. The van der Waals surface area contributed by atoms with Gasteiger partial charge in [0.25, 0.3) is 0 Å². The van der Waals surface area contributed by atoms with Crippen LogP contribution in [-0.2, 0) is 4.79 Å². The molecule has 2 nitrogen and oxygen atoms in total. The molecule has 1 saturated carbocycles. The standard InChI is InChI=1S/C14H17NO/c15-14(16)10-9-12-7-3-4-8-13(12)11-5-1-2-6-11/h3-4,7-11H,1-2,5-6H2,(H2,15,16)/b10-9+. The Morgan fingerprint density at radius 2 is 1.94 bits per heavy atom. The second-order valence-electron chi connectivity index (χ2n) is 4.35. The summed E-state index contributed by atoms with van der Waals surface area (Å²) in [5.41, 5.74) is 7.61. The number of amides is 1. The van der Waals surface area contributed by atoms with Gasteiger partial charge in [-0.3, -0.25) is 4.79 Å². The third kappa shape index (κ3) is 2.51. The Balaban J connectivity index is 2.26. The number of rotatable bonds is 3. The first-order chi connectivity index (χ1) is 7.77. The van der Waals surface area contributed by atoms with E-state index in [1.807, 2.05) is 18.2 Å². The molecule has 0 saturated heterocycles. The summed E-state index contributed by atoms with van der Waals surface area (Å²) in [6, 6.07) is 8.28. The number of carbonyl (C=O) groups excluding carboxylic acids is 1. The molecule has 0 spiro atoms. The third-order valence-corrected chi connectivity index (χ3v) is 3.22. The first-order valence-electron chi connectivity index (χ1n) is 5.84. The van der Waals surface area contributed by atoms with Gasteiger partial charge in [0.2, 0.25) is 5.91 Å². The summed E-state index contributed by atoms with van der Waals surface area (Å²) in [4.78, 5) is 10.7. The average Bonchev–Trinajstić information content (AvgIpc) is 2.80. The van der Waals surface area contributed by atoms with Crippen molar-refractivity contribution in [3.63, 3.8) is 0 Å². The molecule has 0 aliphatic heterocycles. The highest BCUT2D eigenvalue weighted by molar-refractivity contribution is 5.90. The lowest BCUT2D eigenvalue weighted by molar-refractivity contribution is -0.113. The van der Waals surface area contributed by atoms with Gasteiger partial charge in [0, 0.05) is 6.08 Å². The van der Waals surface area contributed by atoms with Crippen molar-refractivity contribution in [2.45, 2.75) is 31.6 Å². The van der Waals surface area contributed by atoms with E-state index in [0.717, 1.165) is 5.56 Å². The van der Waals surface area contributed by atoms with Crippen molar-refractivity contribution in [2.75, 3.05) is 0 Å². The molecule has 2 heteroatoms. The maximum Gasteiger partial charge on any atom is 0.241 e. The molecule has 1 fully saturated rings. The smallest absolute Gasteiger partial charge is 0.241 e. The van der Waals surface area contributed by atoms with E-state index >= 15 is 0 Å². The van der Waals surface area contributed by atoms with Gasteiger partial charge >= 0.3 is 0 Å². The fourth-order valence-corrected chi connectivity index (χ4v) is 2.44. The minimum Gasteiger partial charge on any atom is -0.366 e. The maximum atomic E-state index is 10.7. The molecule has 0 heterocycles. The number of benzene rings is 1. The van der Waals surface area contributed by atoms with Gasteiger partial charge in [0.05, 0.1) is 0 Å². The molecular weight excluding hydrogens is 198 g/mol. The fourth-order valence-electron chi connectivity index (χ4n) is 2.44. The zero-order chi connectivity index (χ0) is 11.4. The SMILES string of the molecule is NC(=O)/C=C/c1ccccc1C1CCCC1. The van der Waals surface area contributed by atoms with E-state index in [9.17, 15) is 4.79 Å². The van der Waals surface area contributed by atoms with E-state index in [1.165, 1.54) is 37.3 Å². The lowest BCUT2D eigenvalue weighted by atomic mass is 9.93. The van der Waals surface area contributed by atoms with Crippen molar-refractivity contribution >= 4 is 12.0 Å². The monoisotopic (exact) mass is 215 g/mol. The van der Waals surface area contributed by atoms with Crippen LogP contribution in [0.15, 0.2) is 30.3 Å². The molecule has 1 amide bonds. The topological polar surface area (TPSA) is 43.1 Å². The number of primary amides is 1. The van der Waals surface area contributed by atoms with Crippen molar-refractivity contribution in [1.82, 2.24) is 0 Å². The number of carbonyl (C=O) groups is 1. The van der Waals surface area contributed by atoms with Crippen LogP contribution in [0.4, 0.5) is 0 Å². The molecule has 0 bridgehead atoms. The van der Waals surface area contributed by atoms with E-state index in [2.05, 4.69) is 12.1 Å². The van der Waals surface area contributed by atoms with Gasteiger partial charge < -0.3 is 5.73 Å². The number of hydrogen-bond acceptors (Lipinski definition) is 1. The summed E-state index contributed by atoms with van der Waals surface area (Å²) >= 11 is 0. The summed E-state index contributed by atoms with van der Waals surface area (Å²) in [5, 5.41) is 0. The van der Waals surface area contributed by atoms with Crippen LogP contribution in [0.5, 0.6) is 0 Å². The Kier molecular flexibility index (Phi) is 3.40. The predicted octanol–water partition coefficient (Wildman–Crippen LogP) is 2.84. The van der Waals surface area contributed by atoms with Gasteiger partial charge in [0.1, 0.15) is 0 Å². The Morgan fingerprint density at radius 3 is 2.62 bits per heavy atom. The first kappa shape index (κ1) is 10.9. The molecule has 1 aromatic carbocycles. The highest BCUT2D eigenvalue weighted by atomic mass is 16.1. The largest absolute Gasteiger partial charge is 0.366 e. The Hall–Kier alpha value is -1.57. The predicted molar refractivity (Wildman–Crippen MR) is 65.9 cm³/mol. The first-order valence-corrected chi connectivity index (χ1v) is 5.84. The third-order valence-electron chi connectivity index (χ3n) is 3.22. The highest BCUT2D eigenvalue weighted by Gasteiger charge is 2.18. The van der Waals surface area contributed by atoms with Crippen LogP contribution in [0.1, 0.15) is 42.7 Å². The van der Waals surface area contributed by atoms with Crippen LogP contribution in [0.2, 0.25) is 0 Å². The Bertz CT molecular complexity index is 403. The normalized spacial score (nSPS) is 17.0. The zero-order valence-corrected chi connectivity index (χ0v) is 9.36. The summed E-state index contributed by atoms with van der Waals surface area (Å²) < 4.78 is 0. The summed E-state index contributed by atoms with van der Waals surface area (Å²) in [6.45, 7) is 0. The molecule has 2 N–H and O–H groups in total. The van der Waals surface area contributed by atoms with Crippen LogP contribution in [0.3, 0.4) is 0 Å². The van der Waals surface area contributed by atoms with E-state index in [4.69, 9.17) is 5.73 Å². The van der Waals surface area contributed by atoms with Crippen molar-refractivity contribution in [3.8, 4) is 0 Å². The quantitative estimate of drug-likeness (QED) is 0.774. The molecular formula is C14H17NO. The molecule has 16 heavy (non-hydrogen) atoms. The lowest BCUT2D eigenvalue weighted by Gasteiger charge is -2.12. The molecule has 0 aromatic heterocycles. The van der Waals surface area contributed by atoms with Gasteiger partial charge in [-0.1, -0.05) is 37.1 Å². The Labute approximate surface area is 96.2 Å². The number of nitrogens with two attached hydrogens (primary N) is 1. The van der Waals surface area contributed by atoms with Crippen molar-refractivity contribution in [3.05, 3.63) is 41.5 Å². The molecule has 2 rings (SSSR count). The van der Waals surface area contributed by atoms with Crippen LogP contribution in [0.25, 0.3) is 6.08 Å². The van der Waals surface area contributed by atoms with Crippen molar-refractivity contribution in [1.29, 1.82) is 0 Å². The fraction of sp³-hybridized carbons (Fsp3) is 0.357. The van der Waals surface area contributed by atoms with Crippen molar-refractivity contribution in [2.24, 2.45) is 5.73 Å². The second-order valence-corrected chi connectivity index (χ2v) is 4.35. The van der Waals surface area contributed by atoms with E-state index in [0.29, 0.717) is 5.92 Å². The van der Waals surface area contributed by atoms with Crippen molar-refractivity contribution < 1.29 is 4.79 Å². The average molecular weight is 215 g/mol. The zero-order valence-electron chi connectivity index (χ0n) is 9.36. The molecule has 1 aliphatic rings. The van der Waals surface area contributed by atoms with E-state index in [-0.39, 0.29) is 5.91 Å². The lowest BCUT2D eigenvalue weighted by Crippen LogP contribution is -2.05. The minimum atomic E-state index is -0.388. The summed E-state index contributed by atoms with van der Waals surface area (Å²) in [7, 11) is 0. The van der Waals surface area contributed by atoms with Gasteiger partial charge in [0.15, 0.2) is 0 Å². The maximum absolute atomic E-state index is 10.7. The molecule has 0 radical (unpaired) electrons. The van der Waals surface area contributed by atoms with Crippen LogP contribution in [0, 0.1) is 0 Å². The highest BCUT2D eigenvalue weighted by Crippen LogP contribution is 2.35. The summed E-state index contributed by atoms with van der Waals surface area (Å²) in [5.74, 6) is 0.273. The molecule has 0 unspecified atom stereocenters. The molecule has 0 atom stereocenters. The second kappa shape index (κ2) is 4.97. The van der Waals surface area contributed by atoms with Gasteiger partial charge in [-0.15, -0.1) is 0 Å². The molecule has 84 valence electrons. The van der Waals surface area contributed by atoms with Crippen LogP contribution >= 0.6 is 0 Å². The van der Waals surface area contributed by atoms with Gasteiger partial charge in [-0.05, 0) is 36.0 Å².